The summed E-state index contributed by atoms with van der Waals surface area (Å²) in [5.41, 5.74) is 0.416. The first kappa shape index (κ1) is 16.0. The van der Waals surface area contributed by atoms with Crippen LogP contribution in [-0.2, 0) is 0 Å². The summed E-state index contributed by atoms with van der Waals surface area (Å²) in [5.74, 6) is 0.741. The molecule has 1 rings (SSSR count). The molecule has 18 heavy (non-hydrogen) atoms. The third-order valence-electron chi connectivity index (χ3n) is 4.93. The van der Waals surface area contributed by atoms with Crippen molar-refractivity contribution in [3.8, 4) is 0 Å². The van der Waals surface area contributed by atoms with Gasteiger partial charge in [0.1, 0.15) is 0 Å². The van der Waals surface area contributed by atoms with Crippen LogP contribution in [0.2, 0.25) is 0 Å². The maximum Gasteiger partial charge on any atom is 0.0329 e. The summed E-state index contributed by atoms with van der Waals surface area (Å²) in [5, 5.41) is 3.79. The number of hydrogen-bond acceptors (Lipinski definition) is 2. The van der Waals surface area contributed by atoms with Crippen molar-refractivity contribution in [1.29, 1.82) is 0 Å². The van der Waals surface area contributed by atoms with Gasteiger partial charge >= 0.3 is 0 Å². The molecular formula is C16H34N2. The van der Waals surface area contributed by atoms with Gasteiger partial charge in [-0.3, -0.25) is 4.90 Å². The van der Waals surface area contributed by atoms with Crippen LogP contribution in [0.15, 0.2) is 0 Å². The molecule has 0 aromatic rings. The highest BCUT2D eigenvalue weighted by Gasteiger charge is 2.38. The van der Waals surface area contributed by atoms with Crippen LogP contribution in [0.4, 0.5) is 0 Å². The predicted molar refractivity (Wildman–Crippen MR) is 81.0 cm³/mol. The first-order chi connectivity index (χ1) is 8.59. The molecule has 0 spiro atoms. The lowest BCUT2D eigenvalue weighted by Gasteiger charge is -2.50. The first-order valence-corrected chi connectivity index (χ1v) is 8.08. The monoisotopic (exact) mass is 254 g/mol. The molecule has 0 aromatic heterocycles. The van der Waals surface area contributed by atoms with Gasteiger partial charge in [0.05, 0.1) is 0 Å². The molecular weight excluding hydrogens is 220 g/mol. The molecule has 0 saturated carbocycles. The fraction of sp³-hybridized carbons (Fsp3) is 1.00. The zero-order valence-electron chi connectivity index (χ0n) is 13.3. The van der Waals surface area contributed by atoms with E-state index in [-0.39, 0.29) is 0 Å². The quantitative estimate of drug-likeness (QED) is 0.697. The lowest BCUT2D eigenvalue weighted by Crippen LogP contribution is -2.65. The van der Waals surface area contributed by atoms with Crippen molar-refractivity contribution in [2.45, 2.75) is 78.3 Å². The van der Waals surface area contributed by atoms with E-state index in [0.29, 0.717) is 11.6 Å². The molecule has 1 aliphatic heterocycles. The lowest BCUT2D eigenvalue weighted by atomic mass is 9.85. The number of rotatable bonds is 7. The zero-order valence-corrected chi connectivity index (χ0v) is 13.3. The average Bonchev–Trinajstić information content (AvgIpc) is 2.39. The maximum atomic E-state index is 3.79. The van der Waals surface area contributed by atoms with Crippen molar-refractivity contribution in [3.05, 3.63) is 0 Å². The Hall–Kier alpha value is -0.0800. The Labute approximate surface area is 115 Å². The highest BCUT2D eigenvalue weighted by molar-refractivity contribution is 4.98. The van der Waals surface area contributed by atoms with Gasteiger partial charge in [-0.05, 0) is 31.7 Å². The van der Waals surface area contributed by atoms with E-state index >= 15 is 0 Å². The third-order valence-corrected chi connectivity index (χ3v) is 4.93. The minimum atomic E-state index is 0.416. The van der Waals surface area contributed by atoms with E-state index in [4.69, 9.17) is 0 Å². The van der Waals surface area contributed by atoms with Crippen LogP contribution in [-0.4, -0.2) is 36.1 Å². The molecule has 0 aliphatic carbocycles. The Morgan fingerprint density at radius 1 is 1.17 bits per heavy atom. The average molecular weight is 254 g/mol. The number of nitrogens with zero attached hydrogens (tertiary/aromatic N) is 1. The van der Waals surface area contributed by atoms with Crippen molar-refractivity contribution in [3.63, 3.8) is 0 Å². The second kappa shape index (κ2) is 7.49. The van der Waals surface area contributed by atoms with Gasteiger partial charge in [-0.25, -0.2) is 0 Å². The third kappa shape index (κ3) is 3.71. The summed E-state index contributed by atoms with van der Waals surface area (Å²) >= 11 is 0. The van der Waals surface area contributed by atoms with Gasteiger partial charge in [-0.15, -0.1) is 0 Å². The van der Waals surface area contributed by atoms with E-state index in [1.165, 1.54) is 51.7 Å². The fourth-order valence-electron chi connectivity index (χ4n) is 3.20. The number of piperazine rings is 1. The van der Waals surface area contributed by atoms with Gasteiger partial charge in [0.15, 0.2) is 0 Å². The molecule has 0 amide bonds. The van der Waals surface area contributed by atoms with Crippen LogP contribution in [0, 0.1) is 5.92 Å². The van der Waals surface area contributed by atoms with Gasteiger partial charge < -0.3 is 5.32 Å². The predicted octanol–water partition coefficient (Wildman–Crippen LogP) is 3.67. The van der Waals surface area contributed by atoms with Gasteiger partial charge in [-0.1, -0.05) is 47.5 Å². The minimum absolute atomic E-state index is 0.416. The van der Waals surface area contributed by atoms with Gasteiger partial charge in [0.2, 0.25) is 0 Å². The topological polar surface area (TPSA) is 15.3 Å². The summed E-state index contributed by atoms with van der Waals surface area (Å²) in [4.78, 5) is 2.80. The van der Waals surface area contributed by atoms with Gasteiger partial charge in [0, 0.05) is 24.7 Å². The number of unbranched alkanes of at least 4 members (excludes halogenated alkanes) is 2. The van der Waals surface area contributed by atoms with Gasteiger partial charge in [-0.2, -0.15) is 0 Å². The molecule has 1 heterocycles. The van der Waals surface area contributed by atoms with Crippen LogP contribution in [0.3, 0.4) is 0 Å². The number of hydrogen-bond donors (Lipinski definition) is 1. The minimum Gasteiger partial charge on any atom is -0.311 e. The molecule has 2 heteroatoms. The van der Waals surface area contributed by atoms with Crippen LogP contribution >= 0.6 is 0 Å². The van der Waals surface area contributed by atoms with Crippen molar-refractivity contribution in [2.24, 2.45) is 5.92 Å². The molecule has 108 valence electrons. The van der Waals surface area contributed by atoms with Crippen molar-refractivity contribution in [2.75, 3.05) is 19.6 Å². The maximum absolute atomic E-state index is 3.79. The normalized spacial score (nSPS) is 24.7. The molecule has 0 aromatic carbocycles. The Morgan fingerprint density at radius 3 is 2.33 bits per heavy atom. The second-order valence-corrected chi connectivity index (χ2v) is 6.32. The molecule has 1 atom stereocenters. The van der Waals surface area contributed by atoms with Crippen LogP contribution < -0.4 is 5.32 Å². The van der Waals surface area contributed by atoms with E-state index in [2.05, 4.69) is 44.8 Å². The molecule has 1 unspecified atom stereocenters. The summed E-state index contributed by atoms with van der Waals surface area (Å²) in [6.45, 7) is 15.4. The molecule has 1 saturated heterocycles. The van der Waals surface area contributed by atoms with Crippen LogP contribution in [0.5, 0.6) is 0 Å². The van der Waals surface area contributed by atoms with E-state index in [1.54, 1.807) is 0 Å². The summed E-state index contributed by atoms with van der Waals surface area (Å²) < 4.78 is 0. The van der Waals surface area contributed by atoms with E-state index in [9.17, 15) is 0 Å². The molecule has 1 N–H and O–H groups in total. The molecule has 1 aliphatic rings. The highest BCUT2D eigenvalue weighted by Crippen LogP contribution is 2.28. The summed E-state index contributed by atoms with van der Waals surface area (Å²) in [7, 11) is 0. The SMILES string of the molecule is CCCCCN1CC(C(C)C)NCC1(CC)CC. The molecule has 2 nitrogen and oxygen atoms in total. The van der Waals surface area contributed by atoms with E-state index < -0.39 is 0 Å². The number of nitrogens with one attached hydrogen (secondary N) is 1. The molecule has 1 fully saturated rings. The second-order valence-electron chi connectivity index (χ2n) is 6.32. The van der Waals surface area contributed by atoms with Crippen LogP contribution in [0.25, 0.3) is 0 Å². The Bertz CT molecular complexity index is 221. The van der Waals surface area contributed by atoms with Crippen molar-refractivity contribution >= 4 is 0 Å². The Morgan fingerprint density at radius 2 is 1.83 bits per heavy atom. The largest absolute Gasteiger partial charge is 0.311 e. The smallest absolute Gasteiger partial charge is 0.0329 e. The molecule has 0 bridgehead atoms. The van der Waals surface area contributed by atoms with Crippen LogP contribution in [0.1, 0.15) is 66.7 Å². The standard InChI is InChI=1S/C16H34N2/c1-6-9-10-11-18-12-15(14(4)5)17-13-16(18,7-2)8-3/h14-15,17H,6-13H2,1-5H3. The molecule has 0 radical (unpaired) electrons. The van der Waals surface area contributed by atoms with E-state index in [1.807, 2.05) is 0 Å². The fourth-order valence-corrected chi connectivity index (χ4v) is 3.20. The Kier molecular flexibility index (Phi) is 6.65. The van der Waals surface area contributed by atoms with Crippen molar-refractivity contribution < 1.29 is 0 Å². The van der Waals surface area contributed by atoms with E-state index in [0.717, 1.165) is 5.92 Å². The highest BCUT2D eigenvalue weighted by atomic mass is 15.3. The van der Waals surface area contributed by atoms with Crippen molar-refractivity contribution in [1.82, 2.24) is 10.2 Å². The summed E-state index contributed by atoms with van der Waals surface area (Å²) in [6.07, 6.45) is 6.61. The summed E-state index contributed by atoms with van der Waals surface area (Å²) in [6, 6.07) is 0.679. The first-order valence-electron chi connectivity index (χ1n) is 8.08. The van der Waals surface area contributed by atoms with Gasteiger partial charge in [0.25, 0.3) is 0 Å². The zero-order chi connectivity index (χ0) is 13.6. The Balaban J connectivity index is 2.66. The lowest BCUT2D eigenvalue weighted by molar-refractivity contribution is 0.0212.